The van der Waals surface area contributed by atoms with Crippen molar-refractivity contribution in [2.75, 3.05) is 0 Å². The lowest BCUT2D eigenvalue weighted by atomic mass is 9.84. The van der Waals surface area contributed by atoms with Gasteiger partial charge in [0.1, 0.15) is 5.82 Å². The number of hydrogen-bond acceptors (Lipinski definition) is 0. The highest BCUT2D eigenvalue weighted by atomic mass is 19.1. The second-order valence-corrected chi connectivity index (χ2v) is 4.67. The van der Waals surface area contributed by atoms with Crippen molar-refractivity contribution in [1.29, 1.82) is 0 Å². The van der Waals surface area contributed by atoms with Gasteiger partial charge in [0.05, 0.1) is 0 Å². The van der Waals surface area contributed by atoms with Crippen molar-refractivity contribution in [2.24, 2.45) is 5.92 Å². The van der Waals surface area contributed by atoms with Crippen molar-refractivity contribution in [1.82, 2.24) is 0 Å². The summed E-state index contributed by atoms with van der Waals surface area (Å²) in [6.07, 6.45) is 8.60. The Kier molecular flexibility index (Phi) is 3.76. The number of benzene rings is 1. The maximum atomic E-state index is 12.8. The second kappa shape index (κ2) is 5.29. The smallest absolute Gasteiger partial charge is 0.123 e. The number of allylic oxidation sites excluding steroid dienone is 2. The van der Waals surface area contributed by atoms with Crippen LogP contribution in [0.1, 0.15) is 44.6 Å². The normalized spacial score (nSPS) is 20.6. The molecule has 86 valence electrons. The second-order valence-electron chi connectivity index (χ2n) is 4.67. The average Bonchev–Trinajstić information content (AvgIpc) is 2.32. The molecule has 1 aliphatic rings. The average molecular weight is 218 g/mol. The van der Waals surface area contributed by atoms with Gasteiger partial charge in [-0.1, -0.05) is 38.0 Å². The zero-order valence-electron chi connectivity index (χ0n) is 9.88. The molecule has 0 saturated carbocycles. The van der Waals surface area contributed by atoms with Gasteiger partial charge in [-0.05, 0) is 48.4 Å². The third-order valence-electron chi connectivity index (χ3n) is 3.43. The maximum Gasteiger partial charge on any atom is 0.123 e. The molecule has 0 nitrogen and oxygen atoms in total. The highest BCUT2D eigenvalue weighted by Gasteiger charge is 2.14. The lowest BCUT2D eigenvalue weighted by Gasteiger charge is -2.21. The summed E-state index contributed by atoms with van der Waals surface area (Å²) in [6.45, 7) is 2.25. The Morgan fingerprint density at radius 3 is 2.56 bits per heavy atom. The monoisotopic (exact) mass is 218 g/mol. The third-order valence-corrected chi connectivity index (χ3v) is 3.43. The van der Waals surface area contributed by atoms with E-state index in [9.17, 15) is 4.39 Å². The van der Waals surface area contributed by atoms with E-state index in [1.54, 1.807) is 12.1 Å². The van der Waals surface area contributed by atoms with Crippen molar-refractivity contribution in [3.8, 4) is 0 Å². The number of rotatable bonds is 3. The third kappa shape index (κ3) is 2.72. The molecule has 0 aromatic heterocycles. The quantitative estimate of drug-likeness (QED) is 0.683. The largest absolute Gasteiger partial charge is 0.207 e. The fourth-order valence-electron chi connectivity index (χ4n) is 2.49. The highest BCUT2D eigenvalue weighted by molar-refractivity contribution is 5.66. The standard InChI is InChI=1S/C15H19F/c1-2-3-12-4-6-13(7-5-12)14-8-10-15(16)11-9-14/h6,8-12H,2-5,7H2,1H3. The van der Waals surface area contributed by atoms with Crippen molar-refractivity contribution in [3.05, 3.63) is 41.7 Å². The zero-order chi connectivity index (χ0) is 11.4. The Hall–Kier alpha value is -1.11. The summed E-state index contributed by atoms with van der Waals surface area (Å²) >= 11 is 0. The molecule has 0 aliphatic heterocycles. The van der Waals surface area contributed by atoms with Gasteiger partial charge in [0.2, 0.25) is 0 Å². The molecular weight excluding hydrogens is 199 g/mol. The van der Waals surface area contributed by atoms with Gasteiger partial charge >= 0.3 is 0 Å². The van der Waals surface area contributed by atoms with E-state index in [1.807, 2.05) is 12.1 Å². The van der Waals surface area contributed by atoms with Crippen molar-refractivity contribution in [3.63, 3.8) is 0 Å². The highest BCUT2D eigenvalue weighted by Crippen LogP contribution is 2.32. The van der Waals surface area contributed by atoms with Crippen LogP contribution in [0, 0.1) is 11.7 Å². The molecule has 0 amide bonds. The van der Waals surface area contributed by atoms with E-state index < -0.39 is 0 Å². The Balaban J connectivity index is 2.04. The predicted molar refractivity (Wildman–Crippen MR) is 66.6 cm³/mol. The first-order valence-corrected chi connectivity index (χ1v) is 6.24. The molecule has 0 saturated heterocycles. The fraction of sp³-hybridized carbons (Fsp3) is 0.467. The fourth-order valence-corrected chi connectivity index (χ4v) is 2.49. The molecule has 1 heteroatoms. The minimum atomic E-state index is -0.149. The van der Waals surface area contributed by atoms with Gasteiger partial charge in [0, 0.05) is 0 Å². The van der Waals surface area contributed by atoms with E-state index in [0.717, 1.165) is 12.3 Å². The molecule has 1 unspecified atom stereocenters. The van der Waals surface area contributed by atoms with Crippen LogP contribution in [-0.4, -0.2) is 0 Å². The zero-order valence-corrected chi connectivity index (χ0v) is 9.88. The molecule has 0 bridgehead atoms. The Bertz CT molecular complexity index is 362. The first-order chi connectivity index (χ1) is 7.79. The molecular formula is C15H19F. The summed E-state index contributed by atoms with van der Waals surface area (Å²) in [5, 5.41) is 0. The SMILES string of the molecule is CCCC1CC=C(c2ccc(F)cc2)CC1. The number of hydrogen-bond donors (Lipinski definition) is 0. The Labute approximate surface area is 97.2 Å². The van der Waals surface area contributed by atoms with Gasteiger partial charge in [-0.3, -0.25) is 0 Å². The van der Waals surface area contributed by atoms with Crippen LogP contribution in [-0.2, 0) is 0 Å². The van der Waals surface area contributed by atoms with Crippen LogP contribution >= 0.6 is 0 Å². The molecule has 2 rings (SSSR count). The van der Waals surface area contributed by atoms with Gasteiger partial charge in [0.25, 0.3) is 0 Å². The summed E-state index contributed by atoms with van der Waals surface area (Å²) in [6, 6.07) is 6.88. The number of halogens is 1. The molecule has 0 fully saturated rings. The first kappa shape index (κ1) is 11.4. The van der Waals surface area contributed by atoms with Gasteiger partial charge in [0.15, 0.2) is 0 Å². The van der Waals surface area contributed by atoms with Gasteiger partial charge in [-0.15, -0.1) is 0 Å². The van der Waals surface area contributed by atoms with E-state index in [-0.39, 0.29) is 5.82 Å². The molecule has 1 aromatic carbocycles. The van der Waals surface area contributed by atoms with Crippen LogP contribution in [0.25, 0.3) is 5.57 Å². The van der Waals surface area contributed by atoms with E-state index in [2.05, 4.69) is 13.0 Å². The van der Waals surface area contributed by atoms with Crippen molar-refractivity contribution < 1.29 is 4.39 Å². The summed E-state index contributed by atoms with van der Waals surface area (Å²) in [5.41, 5.74) is 2.59. The maximum absolute atomic E-state index is 12.8. The van der Waals surface area contributed by atoms with Gasteiger partial charge < -0.3 is 0 Å². The summed E-state index contributed by atoms with van der Waals surface area (Å²) in [7, 11) is 0. The molecule has 1 aliphatic carbocycles. The van der Waals surface area contributed by atoms with Crippen LogP contribution in [0.4, 0.5) is 4.39 Å². The topological polar surface area (TPSA) is 0 Å². The summed E-state index contributed by atoms with van der Waals surface area (Å²) < 4.78 is 12.8. The van der Waals surface area contributed by atoms with Crippen LogP contribution in [0.2, 0.25) is 0 Å². The lowest BCUT2D eigenvalue weighted by molar-refractivity contribution is 0.445. The van der Waals surface area contributed by atoms with Crippen molar-refractivity contribution in [2.45, 2.75) is 39.0 Å². The summed E-state index contributed by atoms with van der Waals surface area (Å²) in [4.78, 5) is 0. The van der Waals surface area contributed by atoms with Crippen molar-refractivity contribution >= 4 is 5.57 Å². The van der Waals surface area contributed by atoms with Crippen LogP contribution < -0.4 is 0 Å². The molecule has 0 N–H and O–H groups in total. The van der Waals surface area contributed by atoms with E-state index in [4.69, 9.17) is 0 Å². The van der Waals surface area contributed by atoms with Crippen LogP contribution in [0.3, 0.4) is 0 Å². The molecule has 1 aromatic rings. The predicted octanol–water partition coefficient (Wildman–Crippen LogP) is 4.81. The lowest BCUT2D eigenvalue weighted by Crippen LogP contribution is -2.04. The minimum Gasteiger partial charge on any atom is -0.207 e. The Morgan fingerprint density at radius 1 is 1.25 bits per heavy atom. The molecule has 16 heavy (non-hydrogen) atoms. The van der Waals surface area contributed by atoms with Gasteiger partial charge in [-0.25, -0.2) is 4.39 Å². The van der Waals surface area contributed by atoms with Crippen LogP contribution in [0.5, 0.6) is 0 Å². The minimum absolute atomic E-state index is 0.149. The summed E-state index contributed by atoms with van der Waals surface area (Å²) in [5.74, 6) is 0.721. The van der Waals surface area contributed by atoms with E-state index in [1.165, 1.54) is 36.8 Å². The van der Waals surface area contributed by atoms with E-state index >= 15 is 0 Å². The first-order valence-electron chi connectivity index (χ1n) is 6.24. The molecule has 1 atom stereocenters. The molecule has 0 radical (unpaired) electrons. The molecule has 0 spiro atoms. The molecule has 0 heterocycles. The van der Waals surface area contributed by atoms with Gasteiger partial charge in [-0.2, -0.15) is 0 Å². The van der Waals surface area contributed by atoms with E-state index in [0.29, 0.717) is 0 Å². The Morgan fingerprint density at radius 2 is 2.00 bits per heavy atom. The van der Waals surface area contributed by atoms with Crippen LogP contribution in [0.15, 0.2) is 30.3 Å².